The Labute approximate surface area is 198 Å². The summed E-state index contributed by atoms with van der Waals surface area (Å²) in [6.07, 6.45) is 0. The number of methoxy groups -OCH3 is 1. The number of hydrazone groups is 1. The van der Waals surface area contributed by atoms with Gasteiger partial charge in [-0.05, 0) is 43.3 Å². The van der Waals surface area contributed by atoms with Crippen LogP contribution in [0.1, 0.15) is 12.5 Å². The van der Waals surface area contributed by atoms with E-state index in [2.05, 4.69) is 26.0 Å². The van der Waals surface area contributed by atoms with Gasteiger partial charge in [-0.3, -0.25) is 4.79 Å². The standard InChI is InChI=1S/C20H20ClN7O4S/c1-11(12-3-5-16-17(7-12)32-10-31-16)24-25-19-26-27-20(28(19)22)33-9-18(29)23-14-8-13(21)4-6-15(14)30-2/h3-8H,9-10,22H2,1-2H3,(H,23,29)(H,25,26)/b24-11+. The Balaban J connectivity index is 1.35. The lowest BCUT2D eigenvalue weighted by atomic mass is 10.1. The molecule has 2 heterocycles. The van der Waals surface area contributed by atoms with Gasteiger partial charge in [0.2, 0.25) is 17.9 Å². The van der Waals surface area contributed by atoms with Gasteiger partial charge in [0.25, 0.3) is 5.95 Å². The van der Waals surface area contributed by atoms with Crippen molar-refractivity contribution in [2.75, 3.05) is 36.2 Å². The smallest absolute Gasteiger partial charge is 0.264 e. The minimum atomic E-state index is -0.283. The third-order valence-corrected chi connectivity index (χ3v) is 5.72. The molecule has 0 unspecified atom stereocenters. The molecule has 4 rings (SSSR count). The van der Waals surface area contributed by atoms with Crippen LogP contribution in [0.2, 0.25) is 5.02 Å². The lowest BCUT2D eigenvalue weighted by Gasteiger charge is -2.10. The molecule has 33 heavy (non-hydrogen) atoms. The predicted molar refractivity (Wildman–Crippen MR) is 126 cm³/mol. The second-order valence-electron chi connectivity index (χ2n) is 6.73. The number of nitrogens with zero attached hydrogens (tertiary/aromatic N) is 4. The molecule has 4 N–H and O–H groups in total. The lowest BCUT2D eigenvalue weighted by Crippen LogP contribution is -2.17. The van der Waals surface area contributed by atoms with E-state index in [4.69, 9.17) is 31.7 Å². The molecule has 0 spiro atoms. The first-order chi connectivity index (χ1) is 15.9. The minimum absolute atomic E-state index is 0.0461. The number of halogens is 1. The lowest BCUT2D eigenvalue weighted by molar-refractivity contribution is -0.113. The molecule has 0 radical (unpaired) electrons. The summed E-state index contributed by atoms with van der Waals surface area (Å²) in [5.74, 6) is 7.88. The average molecular weight is 490 g/mol. The van der Waals surface area contributed by atoms with Gasteiger partial charge in [-0.15, -0.1) is 10.2 Å². The summed E-state index contributed by atoms with van der Waals surface area (Å²) < 4.78 is 17.1. The molecule has 0 fully saturated rings. The monoisotopic (exact) mass is 489 g/mol. The third-order valence-electron chi connectivity index (χ3n) is 4.55. The number of thioether (sulfide) groups is 1. The van der Waals surface area contributed by atoms with Crippen molar-refractivity contribution < 1.29 is 19.0 Å². The van der Waals surface area contributed by atoms with Gasteiger partial charge in [0.15, 0.2) is 11.5 Å². The zero-order valence-corrected chi connectivity index (χ0v) is 19.2. The number of ether oxygens (including phenoxy) is 3. The van der Waals surface area contributed by atoms with E-state index >= 15 is 0 Å². The van der Waals surface area contributed by atoms with Crippen molar-refractivity contribution in [2.24, 2.45) is 5.10 Å². The zero-order valence-electron chi connectivity index (χ0n) is 17.7. The summed E-state index contributed by atoms with van der Waals surface area (Å²) in [6.45, 7) is 2.03. The maximum atomic E-state index is 12.4. The number of anilines is 2. The molecule has 0 aliphatic carbocycles. The fourth-order valence-electron chi connectivity index (χ4n) is 2.87. The van der Waals surface area contributed by atoms with E-state index in [0.717, 1.165) is 17.3 Å². The first-order valence-electron chi connectivity index (χ1n) is 9.61. The van der Waals surface area contributed by atoms with Crippen LogP contribution >= 0.6 is 23.4 Å². The van der Waals surface area contributed by atoms with Crippen LogP contribution in [0.15, 0.2) is 46.7 Å². The molecule has 0 atom stereocenters. The number of carbonyl (C=O) groups excluding carboxylic acids is 1. The van der Waals surface area contributed by atoms with Gasteiger partial charge in [0, 0.05) is 10.6 Å². The Morgan fingerprint density at radius 1 is 1.27 bits per heavy atom. The van der Waals surface area contributed by atoms with Crippen molar-refractivity contribution in [1.82, 2.24) is 14.9 Å². The Morgan fingerprint density at radius 3 is 2.91 bits per heavy atom. The normalized spacial score (nSPS) is 12.5. The first kappa shape index (κ1) is 22.6. The number of benzene rings is 2. The number of hydrogen-bond donors (Lipinski definition) is 3. The van der Waals surface area contributed by atoms with Crippen molar-refractivity contribution >= 4 is 46.6 Å². The summed E-state index contributed by atoms with van der Waals surface area (Å²) in [4.78, 5) is 12.4. The average Bonchev–Trinajstić information content (AvgIpc) is 3.42. The Kier molecular flexibility index (Phi) is 6.75. The minimum Gasteiger partial charge on any atom is -0.495 e. The molecule has 0 bridgehead atoms. The van der Waals surface area contributed by atoms with Gasteiger partial charge in [-0.25, -0.2) is 10.1 Å². The molecule has 2 aromatic carbocycles. The number of rotatable bonds is 8. The number of amides is 1. The van der Waals surface area contributed by atoms with E-state index in [-0.39, 0.29) is 24.4 Å². The van der Waals surface area contributed by atoms with Crippen molar-refractivity contribution in [1.29, 1.82) is 0 Å². The molecular formula is C20H20ClN7O4S. The second-order valence-corrected chi connectivity index (χ2v) is 8.11. The Morgan fingerprint density at radius 2 is 2.09 bits per heavy atom. The van der Waals surface area contributed by atoms with Gasteiger partial charge in [-0.2, -0.15) is 5.10 Å². The summed E-state index contributed by atoms with van der Waals surface area (Å²) in [5.41, 5.74) is 4.78. The van der Waals surface area contributed by atoms with E-state index in [0.29, 0.717) is 38.8 Å². The highest BCUT2D eigenvalue weighted by atomic mass is 35.5. The quantitative estimate of drug-likeness (QED) is 0.188. The highest BCUT2D eigenvalue weighted by molar-refractivity contribution is 7.99. The Hall–Kier alpha value is -3.64. The molecule has 0 saturated carbocycles. The number of nitrogen functional groups attached to an aromatic ring is 1. The zero-order chi connectivity index (χ0) is 23.4. The van der Waals surface area contributed by atoms with Gasteiger partial charge < -0.3 is 25.4 Å². The maximum Gasteiger partial charge on any atom is 0.264 e. The molecular weight excluding hydrogens is 470 g/mol. The van der Waals surface area contributed by atoms with Crippen molar-refractivity contribution in [3.8, 4) is 17.2 Å². The third kappa shape index (κ3) is 5.23. The van der Waals surface area contributed by atoms with Crippen molar-refractivity contribution in [3.05, 3.63) is 47.0 Å². The van der Waals surface area contributed by atoms with Crippen LogP contribution in [0.4, 0.5) is 11.6 Å². The molecule has 172 valence electrons. The van der Waals surface area contributed by atoms with Crippen LogP contribution in [-0.2, 0) is 4.79 Å². The first-order valence-corrected chi connectivity index (χ1v) is 11.0. The van der Waals surface area contributed by atoms with E-state index in [1.165, 1.54) is 11.8 Å². The fraction of sp³-hybridized carbons (Fsp3) is 0.200. The predicted octanol–water partition coefficient (Wildman–Crippen LogP) is 2.95. The largest absolute Gasteiger partial charge is 0.495 e. The SMILES string of the molecule is COc1ccc(Cl)cc1NC(=O)CSc1nnc(N/N=C(\C)c2ccc3c(c2)OCO3)n1N. The van der Waals surface area contributed by atoms with E-state index in [1.54, 1.807) is 18.2 Å². The van der Waals surface area contributed by atoms with Crippen LogP contribution in [0.3, 0.4) is 0 Å². The molecule has 3 aromatic rings. The van der Waals surface area contributed by atoms with Crippen molar-refractivity contribution in [3.63, 3.8) is 0 Å². The second kappa shape index (κ2) is 9.88. The van der Waals surface area contributed by atoms with Crippen LogP contribution in [-0.4, -0.2) is 46.1 Å². The number of hydrogen-bond acceptors (Lipinski definition) is 10. The summed E-state index contributed by atoms with van der Waals surface area (Å²) in [5, 5.41) is 15.8. The van der Waals surface area contributed by atoms with Crippen molar-refractivity contribution in [2.45, 2.75) is 12.1 Å². The summed E-state index contributed by atoms with van der Waals surface area (Å²) >= 11 is 7.11. The molecule has 1 aromatic heterocycles. The molecule has 13 heteroatoms. The highest BCUT2D eigenvalue weighted by Gasteiger charge is 2.16. The fourth-order valence-corrected chi connectivity index (χ4v) is 3.69. The van der Waals surface area contributed by atoms with Gasteiger partial charge >= 0.3 is 0 Å². The number of carbonyl (C=O) groups is 1. The number of aromatic nitrogens is 3. The summed E-state index contributed by atoms with van der Waals surface area (Å²) in [6, 6.07) is 10.5. The van der Waals surface area contributed by atoms with Crippen LogP contribution in [0.5, 0.6) is 17.2 Å². The van der Waals surface area contributed by atoms with E-state index in [9.17, 15) is 4.79 Å². The maximum absolute atomic E-state index is 12.4. The Bertz CT molecular complexity index is 1220. The van der Waals surface area contributed by atoms with Crippen LogP contribution < -0.4 is 30.8 Å². The summed E-state index contributed by atoms with van der Waals surface area (Å²) in [7, 11) is 1.51. The van der Waals surface area contributed by atoms with Gasteiger partial charge in [0.05, 0.1) is 24.3 Å². The van der Waals surface area contributed by atoms with Crippen LogP contribution in [0, 0.1) is 0 Å². The molecule has 1 aliphatic heterocycles. The molecule has 0 saturated heterocycles. The van der Waals surface area contributed by atoms with E-state index in [1.807, 2.05) is 25.1 Å². The number of fused-ring (bicyclic) bond motifs is 1. The molecule has 1 aliphatic rings. The number of nitrogens with one attached hydrogen (secondary N) is 2. The highest BCUT2D eigenvalue weighted by Crippen LogP contribution is 2.32. The molecule has 1 amide bonds. The van der Waals surface area contributed by atoms with Gasteiger partial charge in [-0.1, -0.05) is 23.4 Å². The molecule has 11 nitrogen and oxygen atoms in total. The van der Waals surface area contributed by atoms with Crippen LogP contribution in [0.25, 0.3) is 0 Å². The topological polar surface area (TPSA) is 138 Å². The number of nitrogens with two attached hydrogens (primary N) is 1. The van der Waals surface area contributed by atoms with Gasteiger partial charge in [0.1, 0.15) is 5.75 Å². The van der Waals surface area contributed by atoms with E-state index < -0.39 is 0 Å².